The Morgan fingerprint density at radius 2 is 1.71 bits per heavy atom. The number of benzene rings is 2. The molecule has 2 N–H and O–H groups in total. The molecule has 1 aliphatic heterocycles. The lowest BCUT2D eigenvalue weighted by molar-refractivity contribution is -0.116. The Morgan fingerprint density at radius 3 is 2.39 bits per heavy atom. The van der Waals surface area contributed by atoms with E-state index in [9.17, 15) is 9.59 Å². The van der Waals surface area contributed by atoms with Crippen molar-refractivity contribution in [3.63, 3.8) is 0 Å². The van der Waals surface area contributed by atoms with Crippen molar-refractivity contribution in [1.29, 1.82) is 0 Å². The van der Waals surface area contributed by atoms with Gasteiger partial charge in [-0.2, -0.15) is 0 Å². The number of carbonyl (C=O) groups excluding carboxylic acids is 2. The van der Waals surface area contributed by atoms with E-state index < -0.39 is 6.09 Å². The highest BCUT2D eigenvalue weighted by Gasteiger charge is 2.15. The molecule has 1 saturated heterocycles. The summed E-state index contributed by atoms with van der Waals surface area (Å²) in [5, 5.41) is 6.06. The molecule has 10 heteroatoms. The van der Waals surface area contributed by atoms with Crippen LogP contribution in [0.2, 0.25) is 0 Å². The number of anilines is 4. The zero-order chi connectivity index (χ0) is 26.9. The summed E-state index contributed by atoms with van der Waals surface area (Å²) in [5.41, 5.74) is 4.31. The summed E-state index contributed by atoms with van der Waals surface area (Å²) in [6.45, 7) is 7.40. The Balaban J connectivity index is 1.32. The molecular formula is C28H34N6O4. The van der Waals surface area contributed by atoms with Crippen molar-refractivity contribution in [2.45, 2.75) is 13.8 Å². The fourth-order valence-electron chi connectivity index (χ4n) is 3.84. The van der Waals surface area contributed by atoms with Gasteiger partial charge in [-0.1, -0.05) is 26.0 Å². The fraction of sp³-hybridized carbons (Fsp3) is 0.357. The van der Waals surface area contributed by atoms with E-state index in [-0.39, 0.29) is 18.4 Å². The number of amides is 2. The molecule has 1 aliphatic rings. The van der Waals surface area contributed by atoms with Gasteiger partial charge in [0.15, 0.2) is 0 Å². The maximum Gasteiger partial charge on any atom is 0.409 e. The highest BCUT2D eigenvalue weighted by molar-refractivity contribution is 5.94. The Hall–Kier alpha value is -4.18. The van der Waals surface area contributed by atoms with Gasteiger partial charge in [-0.05, 0) is 48.4 Å². The summed E-state index contributed by atoms with van der Waals surface area (Å²) in [6, 6.07) is 17.4. The van der Waals surface area contributed by atoms with Crippen molar-refractivity contribution >= 4 is 35.0 Å². The number of hydrogen-bond donors (Lipinski definition) is 2. The number of nitrogens with zero attached hydrogens (tertiary/aromatic N) is 4. The highest BCUT2D eigenvalue weighted by Crippen LogP contribution is 2.23. The fourth-order valence-corrected chi connectivity index (χ4v) is 3.84. The van der Waals surface area contributed by atoms with Crippen molar-refractivity contribution in [2.75, 3.05) is 62.0 Å². The van der Waals surface area contributed by atoms with Crippen LogP contribution in [0.1, 0.15) is 13.8 Å². The molecule has 0 unspecified atom stereocenters. The van der Waals surface area contributed by atoms with Crippen LogP contribution in [0.3, 0.4) is 0 Å². The second-order valence-corrected chi connectivity index (χ2v) is 9.49. The van der Waals surface area contributed by atoms with Crippen LogP contribution in [0, 0.1) is 5.92 Å². The maximum atomic E-state index is 12.4. The van der Waals surface area contributed by atoms with E-state index in [0.717, 1.165) is 43.2 Å². The first kappa shape index (κ1) is 26.9. The molecule has 200 valence electrons. The minimum Gasteiger partial charge on any atom is -0.449 e. The Morgan fingerprint density at radius 1 is 1.03 bits per heavy atom. The van der Waals surface area contributed by atoms with Crippen LogP contribution >= 0.6 is 0 Å². The molecule has 3 aromatic rings. The van der Waals surface area contributed by atoms with E-state index in [1.807, 2.05) is 44.2 Å². The van der Waals surface area contributed by atoms with Crippen LogP contribution in [-0.4, -0.2) is 73.4 Å². The minimum atomic E-state index is -0.523. The average Bonchev–Trinajstić information content (AvgIpc) is 2.93. The van der Waals surface area contributed by atoms with Gasteiger partial charge in [0.25, 0.3) is 0 Å². The molecule has 0 bridgehead atoms. The van der Waals surface area contributed by atoms with Crippen LogP contribution in [0.5, 0.6) is 0 Å². The molecule has 2 amide bonds. The van der Waals surface area contributed by atoms with Gasteiger partial charge >= 0.3 is 6.09 Å². The third kappa shape index (κ3) is 7.66. The van der Waals surface area contributed by atoms with Crippen molar-refractivity contribution in [3.05, 3.63) is 60.8 Å². The number of hydrogen-bond acceptors (Lipinski definition) is 8. The number of nitrogens with one attached hydrogen (secondary N) is 2. The lowest BCUT2D eigenvalue weighted by Crippen LogP contribution is -2.36. The Bertz CT molecular complexity index is 1210. The van der Waals surface area contributed by atoms with Gasteiger partial charge < -0.3 is 29.9 Å². The average molecular weight is 519 g/mol. The van der Waals surface area contributed by atoms with Crippen molar-refractivity contribution < 1.29 is 19.1 Å². The highest BCUT2D eigenvalue weighted by atomic mass is 16.6. The topological polar surface area (TPSA) is 109 Å². The van der Waals surface area contributed by atoms with E-state index in [0.29, 0.717) is 18.2 Å². The van der Waals surface area contributed by atoms with Crippen molar-refractivity contribution in [1.82, 2.24) is 14.9 Å². The zero-order valence-electron chi connectivity index (χ0n) is 22.0. The van der Waals surface area contributed by atoms with E-state index in [2.05, 4.69) is 37.6 Å². The van der Waals surface area contributed by atoms with Gasteiger partial charge in [-0.15, -0.1) is 0 Å². The molecule has 10 nitrogen and oxygen atoms in total. The van der Waals surface area contributed by atoms with E-state index in [1.165, 1.54) is 17.6 Å². The van der Waals surface area contributed by atoms with Crippen molar-refractivity contribution in [3.8, 4) is 11.3 Å². The molecule has 0 spiro atoms. The third-order valence-electron chi connectivity index (χ3n) is 5.85. The zero-order valence-corrected chi connectivity index (χ0v) is 22.0. The molecule has 0 saturated carbocycles. The summed E-state index contributed by atoms with van der Waals surface area (Å²) in [6.07, 6.45) is 1.18. The van der Waals surface area contributed by atoms with Gasteiger partial charge in [0.05, 0.1) is 25.5 Å². The summed E-state index contributed by atoms with van der Waals surface area (Å²) in [7, 11) is 1.53. The Labute approximate surface area is 223 Å². The number of ether oxygens (including phenoxy) is 2. The van der Waals surface area contributed by atoms with Crippen LogP contribution in [0.15, 0.2) is 60.8 Å². The van der Waals surface area contributed by atoms with Gasteiger partial charge in [0, 0.05) is 49.0 Å². The second-order valence-electron chi connectivity index (χ2n) is 9.49. The second kappa shape index (κ2) is 12.9. The lowest BCUT2D eigenvalue weighted by atomic mass is 10.1. The van der Waals surface area contributed by atoms with Crippen LogP contribution < -0.4 is 15.5 Å². The van der Waals surface area contributed by atoms with Gasteiger partial charge in [0.1, 0.15) is 6.54 Å². The van der Waals surface area contributed by atoms with Gasteiger partial charge in [-0.3, -0.25) is 4.79 Å². The molecule has 1 aromatic heterocycles. The predicted octanol–water partition coefficient (Wildman–Crippen LogP) is 4.39. The standard InChI is InChI=1S/C28H34N6O4/c1-20(2)19-38-28(36)33(3)18-26(35)30-22-6-4-21(5-7-22)25-12-13-29-27(32-25)31-23-8-10-24(11-9-23)34-14-16-37-17-15-34/h4-13,20H,14-19H2,1-3H3,(H,30,35)(H,29,31,32). The minimum absolute atomic E-state index is 0.104. The first-order valence-corrected chi connectivity index (χ1v) is 12.7. The summed E-state index contributed by atoms with van der Waals surface area (Å²) in [5.74, 6) is 0.412. The number of aromatic nitrogens is 2. The van der Waals surface area contributed by atoms with E-state index >= 15 is 0 Å². The normalized spacial score (nSPS) is 13.2. The summed E-state index contributed by atoms with van der Waals surface area (Å²) < 4.78 is 10.6. The lowest BCUT2D eigenvalue weighted by Gasteiger charge is -2.28. The molecule has 0 aliphatic carbocycles. The summed E-state index contributed by atoms with van der Waals surface area (Å²) in [4.78, 5) is 36.8. The quantitative estimate of drug-likeness (QED) is 0.429. The SMILES string of the molecule is CC(C)COC(=O)N(C)CC(=O)Nc1ccc(-c2ccnc(Nc3ccc(N4CCOCC4)cc3)n2)cc1. The molecule has 2 aromatic carbocycles. The predicted molar refractivity (Wildman–Crippen MR) is 148 cm³/mol. The molecule has 4 rings (SSSR count). The van der Waals surface area contributed by atoms with E-state index in [1.54, 1.807) is 18.3 Å². The molecule has 0 atom stereocenters. The van der Waals surface area contributed by atoms with Gasteiger partial charge in [-0.25, -0.2) is 14.8 Å². The molecule has 2 heterocycles. The third-order valence-corrected chi connectivity index (χ3v) is 5.85. The Kier molecular flexibility index (Phi) is 9.10. The monoisotopic (exact) mass is 518 g/mol. The number of carbonyl (C=O) groups is 2. The first-order valence-electron chi connectivity index (χ1n) is 12.7. The molecule has 1 fully saturated rings. The smallest absolute Gasteiger partial charge is 0.409 e. The first-order chi connectivity index (χ1) is 18.4. The number of rotatable bonds is 9. The summed E-state index contributed by atoms with van der Waals surface area (Å²) >= 11 is 0. The molecular weight excluding hydrogens is 484 g/mol. The number of likely N-dealkylation sites (N-methyl/N-ethyl adjacent to an activating group) is 1. The number of morpholine rings is 1. The van der Waals surface area contributed by atoms with Gasteiger partial charge in [0.2, 0.25) is 11.9 Å². The van der Waals surface area contributed by atoms with E-state index in [4.69, 9.17) is 9.47 Å². The molecule has 0 radical (unpaired) electrons. The van der Waals surface area contributed by atoms with Crippen LogP contribution in [0.25, 0.3) is 11.3 Å². The molecule has 38 heavy (non-hydrogen) atoms. The van der Waals surface area contributed by atoms with Crippen LogP contribution in [0.4, 0.5) is 27.8 Å². The largest absolute Gasteiger partial charge is 0.449 e. The van der Waals surface area contributed by atoms with Crippen molar-refractivity contribution in [2.24, 2.45) is 5.92 Å². The maximum absolute atomic E-state index is 12.4. The van der Waals surface area contributed by atoms with Crippen LogP contribution in [-0.2, 0) is 14.3 Å².